The molecule has 1 atom stereocenters. The van der Waals surface area contributed by atoms with Crippen molar-refractivity contribution < 1.29 is 13.9 Å². The molecule has 6 heteroatoms. The number of rotatable bonds is 4. The van der Waals surface area contributed by atoms with Crippen molar-refractivity contribution in [1.82, 2.24) is 4.98 Å². The van der Waals surface area contributed by atoms with Gasteiger partial charge in [-0.3, -0.25) is 9.69 Å². The van der Waals surface area contributed by atoms with Crippen LogP contribution in [0.4, 0.5) is 9.52 Å². The number of aromatic nitrogens is 1. The van der Waals surface area contributed by atoms with Crippen LogP contribution in [0.3, 0.4) is 0 Å². The molecule has 3 aromatic rings. The molecule has 0 radical (unpaired) electrons. The lowest BCUT2D eigenvalue weighted by molar-refractivity contribution is 0.0917. The van der Waals surface area contributed by atoms with Crippen LogP contribution >= 0.6 is 11.3 Å². The fourth-order valence-corrected chi connectivity index (χ4v) is 4.38. The molecule has 0 N–H and O–H groups in total. The lowest BCUT2D eigenvalue weighted by Crippen LogP contribution is -2.37. The third-order valence-corrected chi connectivity index (χ3v) is 6.07. The Morgan fingerprint density at radius 1 is 1.33 bits per heavy atom. The van der Waals surface area contributed by atoms with Crippen LogP contribution in [0.25, 0.3) is 10.2 Å². The van der Waals surface area contributed by atoms with E-state index < -0.39 is 5.82 Å². The van der Waals surface area contributed by atoms with Gasteiger partial charge in [0.2, 0.25) is 0 Å². The minimum atomic E-state index is -0.423. The average molecular weight is 384 g/mol. The van der Waals surface area contributed by atoms with Gasteiger partial charge in [-0.05, 0) is 62.1 Å². The molecule has 1 unspecified atom stereocenters. The SMILES string of the molecule is Cc1ccc2sc(N(CC3CCCO3)C(=O)c3cccc(F)c3)nc2c1C. The van der Waals surface area contributed by atoms with Crippen LogP contribution in [0.1, 0.15) is 34.3 Å². The largest absolute Gasteiger partial charge is 0.376 e. The van der Waals surface area contributed by atoms with Crippen LogP contribution in [0, 0.1) is 19.7 Å². The van der Waals surface area contributed by atoms with E-state index >= 15 is 0 Å². The molecule has 1 aromatic heterocycles. The number of hydrogen-bond donors (Lipinski definition) is 0. The highest BCUT2D eigenvalue weighted by molar-refractivity contribution is 7.22. The highest BCUT2D eigenvalue weighted by Gasteiger charge is 2.27. The molecule has 2 aromatic carbocycles. The summed E-state index contributed by atoms with van der Waals surface area (Å²) in [5.74, 6) is -0.674. The Bertz CT molecular complexity index is 995. The fraction of sp³-hybridized carbons (Fsp3) is 0.333. The Kier molecular flexibility index (Phi) is 4.93. The molecule has 1 aliphatic rings. The molecule has 27 heavy (non-hydrogen) atoms. The molecule has 0 saturated carbocycles. The smallest absolute Gasteiger partial charge is 0.260 e. The Hall–Kier alpha value is -2.31. The number of anilines is 1. The van der Waals surface area contributed by atoms with Gasteiger partial charge in [0.25, 0.3) is 5.91 Å². The molecule has 1 saturated heterocycles. The predicted octanol–water partition coefficient (Wildman–Crippen LogP) is 4.88. The normalized spacial score (nSPS) is 16.8. The van der Waals surface area contributed by atoms with Gasteiger partial charge >= 0.3 is 0 Å². The monoisotopic (exact) mass is 384 g/mol. The van der Waals surface area contributed by atoms with E-state index in [1.54, 1.807) is 17.0 Å². The van der Waals surface area contributed by atoms with Gasteiger partial charge in [0.1, 0.15) is 5.82 Å². The number of fused-ring (bicyclic) bond motifs is 1. The van der Waals surface area contributed by atoms with E-state index in [-0.39, 0.29) is 12.0 Å². The van der Waals surface area contributed by atoms with Crippen LogP contribution in [0.15, 0.2) is 36.4 Å². The first-order valence-corrected chi connectivity index (χ1v) is 9.90. The van der Waals surface area contributed by atoms with E-state index in [9.17, 15) is 9.18 Å². The maximum absolute atomic E-state index is 13.7. The first kappa shape index (κ1) is 18.1. The number of benzene rings is 2. The summed E-state index contributed by atoms with van der Waals surface area (Å²) in [5.41, 5.74) is 3.52. The van der Waals surface area contributed by atoms with Gasteiger partial charge in [-0.15, -0.1) is 0 Å². The van der Waals surface area contributed by atoms with E-state index in [1.807, 2.05) is 13.0 Å². The number of nitrogens with zero attached hydrogens (tertiary/aromatic N) is 2. The number of amides is 1. The molecule has 0 aliphatic carbocycles. The van der Waals surface area contributed by atoms with Gasteiger partial charge in [0.15, 0.2) is 5.13 Å². The third-order valence-electron chi connectivity index (χ3n) is 5.03. The quantitative estimate of drug-likeness (QED) is 0.644. The first-order chi connectivity index (χ1) is 13.0. The van der Waals surface area contributed by atoms with Gasteiger partial charge in [0, 0.05) is 12.2 Å². The number of aryl methyl sites for hydroxylation is 2. The molecule has 140 valence electrons. The molecular formula is C21H21FN2O2S. The minimum absolute atomic E-state index is 0.0163. The minimum Gasteiger partial charge on any atom is -0.376 e. The Labute approximate surface area is 161 Å². The first-order valence-electron chi connectivity index (χ1n) is 9.08. The van der Waals surface area contributed by atoms with Crippen molar-refractivity contribution in [3.63, 3.8) is 0 Å². The zero-order valence-electron chi connectivity index (χ0n) is 15.4. The number of ether oxygens (including phenoxy) is 1. The van der Waals surface area contributed by atoms with Crippen LogP contribution in [0.2, 0.25) is 0 Å². The van der Waals surface area contributed by atoms with E-state index in [4.69, 9.17) is 9.72 Å². The Balaban J connectivity index is 1.75. The van der Waals surface area contributed by atoms with Crippen molar-refractivity contribution >= 4 is 32.6 Å². The highest BCUT2D eigenvalue weighted by Crippen LogP contribution is 2.33. The van der Waals surface area contributed by atoms with Crippen molar-refractivity contribution in [3.05, 3.63) is 58.9 Å². The highest BCUT2D eigenvalue weighted by atomic mass is 32.1. The van der Waals surface area contributed by atoms with Gasteiger partial charge in [0.05, 0.1) is 22.9 Å². The fourth-order valence-electron chi connectivity index (χ4n) is 3.35. The van der Waals surface area contributed by atoms with Crippen LogP contribution in [-0.2, 0) is 4.74 Å². The van der Waals surface area contributed by atoms with E-state index in [0.717, 1.165) is 28.6 Å². The molecule has 0 spiro atoms. The van der Waals surface area contributed by atoms with Crippen LogP contribution in [-0.4, -0.2) is 30.1 Å². The van der Waals surface area contributed by atoms with Crippen LogP contribution < -0.4 is 4.90 Å². The van der Waals surface area contributed by atoms with Crippen LogP contribution in [0.5, 0.6) is 0 Å². The van der Waals surface area contributed by atoms with Gasteiger partial charge in [-0.25, -0.2) is 9.37 Å². The number of halogens is 1. The van der Waals surface area contributed by atoms with Gasteiger partial charge < -0.3 is 4.74 Å². The molecule has 1 amide bonds. The maximum Gasteiger partial charge on any atom is 0.260 e. The molecule has 4 nitrogen and oxygen atoms in total. The predicted molar refractivity (Wildman–Crippen MR) is 106 cm³/mol. The van der Waals surface area contributed by atoms with Crippen molar-refractivity contribution in [2.75, 3.05) is 18.1 Å². The van der Waals surface area contributed by atoms with Crippen molar-refractivity contribution in [2.45, 2.75) is 32.8 Å². The second-order valence-corrected chi connectivity index (χ2v) is 7.92. The zero-order chi connectivity index (χ0) is 19.0. The molecule has 4 rings (SSSR count). The zero-order valence-corrected chi connectivity index (χ0v) is 16.2. The summed E-state index contributed by atoms with van der Waals surface area (Å²) in [6.07, 6.45) is 1.89. The topological polar surface area (TPSA) is 42.4 Å². The number of hydrogen-bond acceptors (Lipinski definition) is 4. The Morgan fingerprint density at radius 3 is 2.93 bits per heavy atom. The summed E-state index contributed by atoms with van der Waals surface area (Å²) >= 11 is 1.48. The molecule has 0 bridgehead atoms. The van der Waals surface area contributed by atoms with E-state index in [1.165, 1.54) is 29.0 Å². The number of carbonyl (C=O) groups is 1. The second-order valence-electron chi connectivity index (χ2n) is 6.91. The lowest BCUT2D eigenvalue weighted by atomic mass is 10.1. The maximum atomic E-state index is 13.7. The Morgan fingerprint density at radius 2 is 2.19 bits per heavy atom. The van der Waals surface area contributed by atoms with E-state index in [0.29, 0.717) is 23.8 Å². The van der Waals surface area contributed by atoms with Crippen molar-refractivity contribution in [1.29, 1.82) is 0 Å². The molecular weight excluding hydrogens is 363 g/mol. The standard InChI is InChI=1S/C21H21FN2O2S/c1-13-8-9-18-19(14(13)2)23-21(27-18)24(12-17-7-4-10-26-17)20(25)15-5-3-6-16(22)11-15/h3,5-6,8-9,11,17H,4,7,10,12H2,1-2H3. The van der Waals surface area contributed by atoms with Crippen molar-refractivity contribution in [3.8, 4) is 0 Å². The van der Waals surface area contributed by atoms with Gasteiger partial charge in [-0.2, -0.15) is 0 Å². The molecule has 1 aliphatic heterocycles. The third kappa shape index (κ3) is 3.59. The summed E-state index contributed by atoms with van der Waals surface area (Å²) in [5, 5.41) is 0.628. The molecule has 1 fully saturated rings. The van der Waals surface area contributed by atoms with Crippen molar-refractivity contribution in [2.24, 2.45) is 0 Å². The summed E-state index contributed by atoms with van der Waals surface area (Å²) in [7, 11) is 0. The summed E-state index contributed by atoms with van der Waals surface area (Å²) in [4.78, 5) is 19.6. The molecule has 2 heterocycles. The number of carbonyl (C=O) groups excluding carboxylic acids is 1. The lowest BCUT2D eigenvalue weighted by Gasteiger charge is -2.23. The summed E-state index contributed by atoms with van der Waals surface area (Å²) in [6.45, 7) is 5.23. The second kappa shape index (κ2) is 7.37. The summed E-state index contributed by atoms with van der Waals surface area (Å²) < 4.78 is 20.4. The van der Waals surface area contributed by atoms with E-state index in [2.05, 4.69) is 13.0 Å². The van der Waals surface area contributed by atoms with Gasteiger partial charge in [-0.1, -0.05) is 23.5 Å². The number of thiazole rings is 1. The average Bonchev–Trinajstić information content (AvgIpc) is 3.32. The summed E-state index contributed by atoms with van der Waals surface area (Å²) in [6, 6.07) is 9.90.